The van der Waals surface area contributed by atoms with Crippen LogP contribution >= 0.6 is 11.3 Å². The lowest BCUT2D eigenvalue weighted by Crippen LogP contribution is -2.30. The molecule has 0 aliphatic heterocycles. The van der Waals surface area contributed by atoms with Crippen LogP contribution in [0.15, 0.2) is 46.7 Å². The number of amides is 1. The Bertz CT molecular complexity index is 721. The number of carbonyl (C=O) groups excluding carboxylic acids is 1. The molecule has 1 aromatic heterocycles. The predicted molar refractivity (Wildman–Crippen MR) is 87.4 cm³/mol. The maximum absolute atomic E-state index is 12.0. The molecule has 0 bridgehead atoms. The normalized spacial score (nSPS) is 11.6. The van der Waals surface area contributed by atoms with E-state index in [4.69, 9.17) is 0 Å². The number of benzene rings is 1. The SMILES string of the molecule is CC(C)NS(=O)(=O)c1ccc(C(=O)NCc2cccs2)cc1. The summed E-state index contributed by atoms with van der Waals surface area (Å²) >= 11 is 1.57. The van der Waals surface area contributed by atoms with Gasteiger partial charge in [0.05, 0.1) is 11.4 Å². The second-order valence-electron chi connectivity index (χ2n) is 5.06. The molecule has 22 heavy (non-hydrogen) atoms. The van der Waals surface area contributed by atoms with Gasteiger partial charge in [0.2, 0.25) is 10.0 Å². The van der Waals surface area contributed by atoms with Crippen LogP contribution in [-0.2, 0) is 16.6 Å². The third-order valence-corrected chi connectivity index (χ3v) is 5.37. The fourth-order valence-corrected chi connectivity index (χ4v) is 3.74. The molecule has 2 aromatic rings. The van der Waals surface area contributed by atoms with Crippen molar-refractivity contribution in [2.45, 2.75) is 31.3 Å². The average Bonchev–Trinajstić information content (AvgIpc) is 2.97. The monoisotopic (exact) mass is 338 g/mol. The molecule has 1 amide bonds. The summed E-state index contributed by atoms with van der Waals surface area (Å²) in [5.41, 5.74) is 0.431. The van der Waals surface area contributed by atoms with Crippen LogP contribution in [0, 0.1) is 0 Å². The molecule has 0 atom stereocenters. The highest BCUT2D eigenvalue weighted by Gasteiger charge is 2.15. The predicted octanol–water partition coefficient (Wildman–Crippen LogP) is 2.36. The van der Waals surface area contributed by atoms with E-state index in [1.165, 1.54) is 24.3 Å². The van der Waals surface area contributed by atoms with Crippen LogP contribution in [0.5, 0.6) is 0 Å². The molecule has 0 spiro atoms. The maximum atomic E-state index is 12.0. The molecule has 0 aliphatic rings. The van der Waals surface area contributed by atoms with E-state index in [9.17, 15) is 13.2 Å². The van der Waals surface area contributed by atoms with Crippen molar-refractivity contribution < 1.29 is 13.2 Å². The zero-order valence-electron chi connectivity index (χ0n) is 12.4. The molecule has 1 aromatic carbocycles. The Labute approximate surface area is 134 Å². The largest absolute Gasteiger partial charge is 0.347 e. The highest BCUT2D eigenvalue weighted by atomic mass is 32.2. The first-order chi connectivity index (χ1) is 10.4. The van der Waals surface area contributed by atoms with E-state index in [1.54, 1.807) is 25.2 Å². The Hall–Kier alpha value is -1.70. The van der Waals surface area contributed by atoms with E-state index in [2.05, 4.69) is 10.0 Å². The number of rotatable bonds is 6. The molecule has 2 rings (SSSR count). The van der Waals surface area contributed by atoms with Gasteiger partial charge in [0, 0.05) is 16.5 Å². The number of sulfonamides is 1. The number of hydrogen-bond acceptors (Lipinski definition) is 4. The molecule has 5 nitrogen and oxygen atoms in total. The lowest BCUT2D eigenvalue weighted by molar-refractivity contribution is 0.0951. The first-order valence-corrected chi connectivity index (χ1v) is 9.18. The number of hydrogen-bond donors (Lipinski definition) is 2. The van der Waals surface area contributed by atoms with E-state index in [-0.39, 0.29) is 16.8 Å². The number of thiophene rings is 1. The van der Waals surface area contributed by atoms with E-state index >= 15 is 0 Å². The molecular formula is C15H18N2O3S2. The molecule has 0 aliphatic carbocycles. The van der Waals surface area contributed by atoms with Crippen LogP contribution in [-0.4, -0.2) is 20.4 Å². The van der Waals surface area contributed by atoms with E-state index < -0.39 is 10.0 Å². The van der Waals surface area contributed by atoms with Gasteiger partial charge in [0.25, 0.3) is 5.91 Å². The van der Waals surface area contributed by atoms with Crippen molar-refractivity contribution in [2.24, 2.45) is 0 Å². The molecular weight excluding hydrogens is 320 g/mol. The van der Waals surface area contributed by atoms with Crippen molar-refractivity contribution in [1.82, 2.24) is 10.0 Å². The highest BCUT2D eigenvalue weighted by molar-refractivity contribution is 7.89. The van der Waals surface area contributed by atoms with Crippen molar-refractivity contribution in [3.8, 4) is 0 Å². The van der Waals surface area contributed by atoms with Crippen molar-refractivity contribution in [3.63, 3.8) is 0 Å². The summed E-state index contributed by atoms with van der Waals surface area (Å²) in [6, 6.07) is 9.58. The molecule has 0 fully saturated rings. The zero-order valence-corrected chi connectivity index (χ0v) is 14.0. The average molecular weight is 338 g/mol. The van der Waals surface area contributed by atoms with Gasteiger partial charge in [0.15, 0.2) is 0 Å². The topological polar surface area (TPSA) is 75.3 Å². The molecule has 1 heterocycles. The van der Waals surface area contributed by atoms with Crippen molar-refractivity contribution in [2.75, 3.05) is 0 Å². The standard InChI is InChI=1S/C15H18N2O3S2/c1-11(2)17-22(19,20)14-7-5-12(6-8-14)15(18)16-10-13-4-3-9-21-13/h3-9,11,17H,10H2,1-2H3,(H,16,18). The third kappa shape index (κ3) is 4.40. The Kier molecular flexibility index (Phi) is 5.33. The Morgan fingerprint density at radius 2 is 1.86 bits per heavy atom. The minimum atomic E-state index is -3.53. The summed E-state index contributed by atoms with van der Waals surface area (Å²) in [6.07, 6.45) is 0. The number of carbonyl (C=O) groups is 1. The summed E-state index contributed by atoms with van der Waals surface area (Å²) in [6.45, 7) is 3.97. The second kappa shape index (κ2) is 7.04. The van der Waals surface area contributed by atoms with Crippen LogP contribution in [0.2, 0.25) is 0 Å². The molecule has 0 saturated carbocycles. The Morgan fingerprint density at radius 1 is 1.18 bits per heavy atom. The van der Waals surface area contributed by atoms with Gasteiger partial charge in [-0.2, -0.15) is 0 Å². The van der Waals surface area contributed by atoms with Crippen molar-refractivity contribution >= 4 is 27.3 Å². The Morgan fingerprint density at radius 3 is 2.41 bits per heavy atom. The fourth-order valence-electron chi connectivity index (χ4n) is 1.85. The van der Waals surface area contributed by atoms with Gasteiger partial charge in [-0.15, -0.1) is 11.3 Å². The minimum absolute atomic E-state index is 0.149. The zero-order chi connectivity index (χ0) is 16.2. The van der Waals surface area contributed by atoms with E-state index in [0.29, 0.717) is 12.1 Å². The lowest BCUT2D eigenvalue weighted by atomic mass is 10.2. The number of nitrogens with one attached hydrogen (secondary N) is 2. The lowest BCUT2D eigenvalue weighted by Gasteiger charge is -2.10. The summed E-state index contributed by atoms with van der Waals surface area (Å²) in [5, 5.41) is 4.75. The molecule has 0 radical (unpaired) electrons. The summed E-state index contributed by atoms with van der Waals surface area (Å²) in [4.78, 5) is 13.2. The summed E-state index contributed by atoms with van der Waals surface area (Å²) in [7, 11) is -3.53. The van der Waals surface area contributed by atoms with Gasteiger partial charge in [0.1, 0.15) is 0 Å². The van der Waals surface area contributed by atoms with Crippen molar-refractivity contribution in [3.05, 3.63) is 52.2 Å². The van der Waals surface area contributed by atoms with Gasteiger partial charge in [-0.1, -0.05) is 6.07 Å². The molecule has 118 valence electrons. The first kappa shape index (κ1) is 16.7. The van der Waals surface area contributed by atoms with Crippen LogP contribution in [0.25, 0.3) is 0 Å². The molecule has 2 N–H and O–H groups in total. The first-order valence-electron chi connectivity index (χ1n) is 6.81. The van der Waals surface area contributed by atoms with Crippen LogP contribution < -0.4 is 10.0 Å². The van der Waals surface area contributed by atoms with Gasteiger partial charge >= 0.3 is 0 Å². The third-order valence-electron chi connectivity index (χ3n) is 2.82. The molecule has 0 unspecified atom stereocenters. The van der Waals surface area contributed by atoms with Gasteiger partial charge in [-0.05, 0) is 49.6 Å². The quantitative estimate of drug-likeness (QED) is 0.849. The Balaban J connectivity index is 2.03. The smallest absolute Gasteiger partial charge is 0.251 e. The molecule has 0 saturated heterocycles. The maximum Gasteiger partial charge on any atom is 0.251 e. The van der Waals surface area contributed by atoms with E-state index in [1.807, 2.05) is 17.5 Å². The van der Waals surface area contributed by atoms with Crippen LogP contribution in [0.4, 0.5) is 0 Å². The minimum Gasteiger partial charge on any atom is -0.347 e. The van der Waals surface area contributed by atoms with Gasteiger partial charge in [-0.3, -0.25) is 4.79 Å². The van der Waals surface area contributed by atoms with E-state index in [0.717, 1.165) is 4.88 Å². The summed E-state index contributed by atoms with van der Waals surface area (Å²) in [5.74, 6) is -0.228. The fraction of sp³-hybridized carbons (Fsp3) is 0.267. The second-order valence-corrected chi connectivity index (χ2v) is 7.81. The van der Waals surface area contributed by atoms with Crippen LogP contribution in [0.3, 0.4) is 0 Å². The molecule has 7 heteroatoms. The highest BCUT2D eigenvalue weighted by Crippen LogP contribution is 2.12. The van der Waals surface area contributed by atoms with Crippen LogP contribution in [0.1, 0.15) is 29.1 Å². The van der Waals surface area contributed by atoms with Crippen molar-refractivity contribution in [1.29, 1.82) is 0 Å². The van der Waals surface area contributed by atoms with Gasteiger partial charge in [-0.25, -0.2) is 13.1 Å². The van der Waals surface area contributed by atoms with Gasteiger partial charge < -0.3 is 5.32 Å². The summed E-state index contributed by atoms with van der Waals surface area (Å²) < 4.78 is 26.5.